The number of pyridine rings is 1. The molecule has 3 rings (SSSR count). The van der Waals surface area contributed by atoms with Gasteiger partial charge in [-0.25, -0.2) is 4.98 Å². The lowest BCUT2D eigenvalue weighted by molar-refractivity contribution is -0.0328. The average Bonchev–Trinajstić information content (AvgIpc) is 2.67. The minimum Gasteiger partial charge on any atom is -0.324 e. The maximum absolute atomic E-state index is 12.5. The van der Waals surface area contributed by atoms with Crippen LogP contribution >= 0.6 is 11.8 Å². The van der Waals surface area contributed by atoms with Crippen LogP contribution in [-0.2, 0) is 0 Å². The second-order valence-corrected chi connectivity index (χ2v) is 8.25. The predicted molar refractivity (Wildman–Crippen MR) is 114 cm³/mol. The molecular weight excluding hydrogens is 413 g/mol. The van der Waals surface area contributed by atoms with E-state index >= 15 is 0 Å². The van der Waals surface area contributed by atoms with Crippen molar-refractivity contribution in [2.75, 3.05) is 5.32 Å². The third-order valence-corrected chi connectivity index (χ3v) is 5.41. The summed E-state index contributed by atoms with van der Waals surface area (Å²) in [5.41, 5.74) is -2.76. The number of fused-ring (bicyclic) bond motifs is 1. The fourth-order valence-electron chi connectivity index (χ4n) is 3.20. The molecular formula is C21H23F3N4OS. The molecule has 2 heterocycles. The molecule has 0 amide bonds. The van der Waals surface area contributed by atoms with E-state index in [2.05, 4.69) is 34.1 Å². The standard InChI is InChI=1S/C21H23F3N4OS/c1-3-4-5-6-13(2)18-16-11-12-17(29)26-19(16)28-20(27-18)25-14-7-9-15(10-8-14)30-21(22,23)24/h7-13H,3-6H2,1-2H3,(H2,25,26,27,28,29). The van der Waals surface area contributed by atoms with Gasteiger partial charge in [0.15, 0.2) is 0 Å². The average molecular weight is 437 g/mol. The number of anilines is 2. The van der Waals surface area contributed by atoms with Crippen molar-refractivity contribution in [2.24, 2.45) is 0 Å². The monoisotopic (exact) mass is 436 g/mol. The number of aromatic nitrogens is 3. The summed E-state index contributed by atoms with van der Waals surface area (Å²) in [6, 6.07) is 9.04. The highest BCUT2D eigenvalue weighted by atomic mass is 32.2. The van der Waals surface area contributed by atoms with Crippen LogP contribution in [0.2, 0.25) is 0 Å². The van der Waals surface area contributed by atoms with Gasteiger partial charge in [-0.05, 0) is 54.4 Å². The van der Waals surface area contributed by atoms with E-state index in [9.17, 15) is 18.0 Å². The first-order valence-electron chi connectivity index (χ1n) is 9.79. The van der Waals surface area contributed by atoms with E-state index in [1.54, 1.807) is 18.2 Å². The Balaban J connectivity index is 1.89. The minimum atomic E-state index is -4.33. The molecule has 9 heteroatoms. The third-order valence-electron chi connectivity index (χ3n) is 4.67. The summed E-state index contributed by atoms with van der Waals surface area (Å²) in [7, 11) is 0. The summed E-state index contributed by atoms with van der Waals surface area (Å²) in [5, 5.41) is 3.83. The van der Waals surface area contributed by atoms with Crippen molar-refractivity contribution in [3.63, 3.8) is 0 Å². The van der Waals surface area contributed by atoms with Crippen LogP contribution in [0.3, 0.4) is 0 Å². The van der Waals surface area contributed by atoms with E-state index in [0.29, 0.717) is 11.3 Å². The van der Waals surface area contributed by atoms with E-state index in [4.69, 9.17) is 0 Å². The maximum Gasteiger partial charge on any atom is 0.446 e. The number of unbranched alkanes of at least 4 members (excludes halogenated alkanes) is 2. The van der Waals surface area contributed by atoms with Gasteiger partial charge in [-0.1, -0.05) is 33.1 Å². The SMILES string of the molecule is CCCCCC(C)c1nc(Nc2ccc(SC(F)(F)F)cc2)nc2[nH]c(=O)ccc12. The van der Waals surface area contributed by atoms with Gasteiger partial charge in [-0.2, -0.15) is 18.2 Å². The number of thioether (sulfide) groups is 1. The Hall–Kier alpha value is -2.55. The van der Waals surface area contributed by atoms with Crippen LogP contribution in [-0.4, -0.2) is 20.5 Å². The second kappa shape index (κ2) is 9.51. The van der Waals surface area contributed by atoms with E-state index in [-0.39, 0.29) is 34.1 Å². The Kier molecular flexibility index (Phi) is 7.02. The molecule has 30 heavy (non-hydrogen) atoms. The topological polar surface area (TPSA) is 70.7 Å². The van der Waals surface area contributed by atoms with Crippen molar-refractivity contribution in [2.45, 2.75) is 55.9 Å². The Morgan fingerprint density at radius 2 is 1.83 bits per heavy atom. The summed E-state index contributed by atoms with van der Waals surface area (Å²) >= 11 is -0.164. The number of halogens is 3. The molecule has 0 aliphatic rings. The fraction of sp³-hybridized carbons (Fsp3) is 0.381. The lowest BCUT2D eigenvalue weighted by Crippen LogP contribution is -2.10. The minimum absolute atomic E-state index is 0.0991. The highest BCUT2D eigenvalue weighted by Crippen LogP contribution is 2.37. The predicted octanol–water partition coefficient (Wildman–Crippen LogP) is 6.36. The molecule has 0 radical (unpaired) electrons. The van der Waals surface area contributed by atoms with Crippen LogP contribution in [0, 0.1) is 0 Å². The highest BCUT2D eigenvalue weighted by molar-refractivity contribution is 8.00. The van der Waals surface area contributed by atoms with E-state index in [0.717, 1.165) is 36.8 Å². The van der Waals surface area contributed by atoms with Gasteiger partial charge in [0.1, 0.15) is 5.65 Å². The van der Waals surface area contributed by atoms with Gasteiger partial charge in [-0.3, -0.25) is 4.79 Å². The largest absolute Gasteiger partial charge is 0.446 e. The van der Waals surface area contributed by atoms with E-state index in [1.807, 2.05) is 0 Å². The molecule has 2 N–H and O–H groups in total. The number of hydrogen-bond acceptors (Lipinski definition) is 5. The van der Waals surface area contributed by atoms with Crippen molar-refractivity contribution in [3.8, 4) is 0 Å². The van der Waals surface area contributed by atoms with Crippen molar-refractivity contribution in [1.82, 2.24) is 15.0 Å². The zero-order valence-corrected chi connectivity index (χ0v) is 17.5. The zero-order chi connectivity index (χ0) is 21.7. The number of nitrogens with zero attached hydrogens (tertiary/aromatic N) is 2. The molecule has 1 atom stereocenters. The van der Waals surface area contributed by atoms with Crippen LogP contribution in [0.5, 0.6) is 0 Å². The highest BCUT2D eigenvalue weighted by Gasteiger charge is 2.29. The number of alkyl halides is 3. The maximum atomic E-state index is 12.5. The first-order valence-corrected chi connectivity index (χ1v) is 10.6. The molecule has 0 aliphatic heterocycles. The molecule has 160 valence electrons. The van der Waals surface area contributed by atoms with Crippen LogP contribution in [0.25, 0.3) is 11.0 Å². The number of aromatic amines is 1. The van der Waals surface area contributed by atoms with Crippen molar-refractivity contribution < 1.29 is 13.2 Å². The van der Waals surface area contributed by atoms with Gasteiger partial charge < -0.3 is 10.3 Å². The smallest absolute Gasteiger partial charge is 0.324 e. The van der Waals surface area contributed by atoms with Crippen molar-refractivity contribution in [3.05, 3.63) is 52.4 Å². The van der Waals surface area contributed by atoms with Gasteiger partial charge in [0, 0.05) is 22.0 Å². The summed E-state index contributed by atoms with van der Waals surface area (Å²) in [6.07, 6.45) is 4.30. The van der Waals surface area contributed by atoms with Gasteiger partial charge in [0.05, 0.1) is 5.69 Å². The first-order chi connectivity index (χ1) is 14.2. The number of benzene rings is 1. The Labute approximate surface area is 176 Å². The molecule has 0 saturated heterocycles. The summed E-state index contributed by atoms with van der Waals surface area (Å²) < 4.78 is 37.5. The Morgan fingerprint density at radius 1 is 1.10 bits per heavy atom. The summed E-state index contributed by atoms with van der Waals surface area (Å²) in [6.45, 7) is 4.24. The lowest BCUT2D eigenvalue weighted by atomic mass is 9.97. The third kappa shape index (κ3) is 5.98. The first kappa shape index (κ1) is 22.1. The molecule has 5 nitrogen and oxygen atoms in total. The van der Waals surface area contributed by atoms with Gasteiger partial charge in [0.25, 0.3) is 0 Å². The summed E-state index contributed by atoms with van der Waals surface area (Å²) in [5.74, 6) is 0.456. The van der Waals surface area contributed by atoms with Gasteiger partial charge in [-0.15, -0.1) is 0 Å². The van der Waals surface area contributed by atoms with Gasteiger partial charge >= 0.3 is 5.51 Å². The molecule has 0 spiro atoms. The van der Waals surface area contributed by atoms with E-state index < -0.39 is 5.51 Å². The molecule has 1 aromatic carbocycles. The Bertz CT molecular complexity index is 1050. The quantitative estimate of drug-likeness (QED) is 0.318. The second-order valence-electron chi connectivity index (χ2n) is 7.11. The van der Waals surface area contributed by atoms with Crippen LogP contribution in [0.4, 0.5) is 24.8 Å². The molecule has 1 unspecified atom stereocenters. The molecule has 0 fully saturated rings. The number of rotatable bonds is 8. The van der Waals surface area contributed by atoms with E-state index in [1.165, 1.54) is 18.2 Å². The lowest BCUT2D eigenvalue weighted by Gasteiger charge is -2.15. The Morgan fingerprint density at radius 3 is 2.50 bits per heavy atom. The molecule has 0 aliphatic carbocycles. The van der Waals surface area contributed by atoms with Crippen molar-refractivity contribution in [1.29, 1.82) is 0 Å². The number of hydrogen-bond donors (Lipinski definition) is 2. The molecule has 0 saturated carbocycles. The summed E-state index contributed by atoms with van der Waals surface area (Å²) in [4.78, 5) is 23.7. The van der Waals surface area contributed by atoms with Crippen molar-refractivity contribution >= 4 is 34.4 Å². The molecule has 2 aromatic heterocycles. The van der Waals surface area contributed by atoms with Crippen LogP contribution in [0.1, 0.15) is 51.1 Å². The zero-order valence-electron chi connectivity index (χ0n) is 16.7. The number of H-pyrrole nitrogens is 1. The van der Waals surface area contributed by atoms with Gasteiger partial charge in [0.2, 0.25) is 11.5 Å². The number of nitrogens with one attached hydrogen (secondary N) is 2. The molecule has 0 bridgehead atoms. The normalized spacial score (nSPS) is 12.8. The van der Waals surface area contributed by atoms with Crippen LogP contribution < -0.4 is 10.9 Å². The molecule has 3 aromatic rings. The van der Waals surface area contributed by atoms with Crippen LogP contribution in [0.15, 0.2) is 46.1 Å². The fourth-order valence-corrected chi connectivity index (χ4v) is 3.74.